The Hall–Kier alpha value is -0.810. The third kappa shape index (κ3) is 3.16. The van der Waals surface area contributed by atoms with E-state index in [0.717, 1.165) is 23.9 Å². The molecule has 1 rings (SSSR count). The van der Waals surface area contributed by atoms with Crippen LogP contribution < -0.4 is 10.0 Å². The standard InChI is InChI=1S/C12H17OP/c1-9(2)4-5-10-6-7-11(13-3)12(14)8-10/h6-8H,1,4-5,14H2,2-3H3. The number of allylic oxidation sites excluding steroid dienone is 1. The zero-order chi connectivity index (χ0) is 10.6. The number of hydrogen-bond donors (Lipinski definition) is 0. The molecule has 0 aliphatic carbocycles. The SMILES string of the molecule is C=C(C)CCc1ccc(OC)c(P)c1. The molecule has 0 aromatic heterocycles. The molecule has 2 heteroatoms. The van der Waals surface area contributed by atoms with E-state index >= 15 is 0 Å². The van der Waals surface area contributed by atoms with Gasteiger partial charge in [-0.3, -0.25) is 0 Å². The molecule has 0 saturated carbocycles. The van der Waals surface area contributed by atoms with E-state index in [0.29, 0.717) is 0 Å². The summed E-state index contributed by atoms with van der Waals surface area (Å²) in [5, 5.41) is 1.12. The van der Waals surface area contributed by atoms with Crippen molar-refractivity contribution in [3.8, 4) is 5.75 Å². The van der Waals surface area contributed by atoms with Crippen molar-refractivity contribution in [1.29, 1.82) is 0 Å². The van der Waals surface area contributed by atoms with Crippen LogP contribution in [0.3, 0.4) is 0 Å². The maximum atomic E-state index is 5.19. The first kappa shape index (κ1) is 11.3. The van der Waals surface area contributed by atoms with E-state index in [1.165, 1.54) is 11.1 Å². The Kier molecular flexibility index (Phi) is 4.16. The molecule has 1 aromatic carbocycles. The number of hydrogen-bond acceptors (Lipinski definition) is 1. The van der Waals surface area contributed by atoms with E-state index in [-0.39, 0.29) is 0 Å². The van der Waals surface area contributed by atoms with E-state index in [4.69, 9.17) is 4.74 Å². The Balaban J connectivity index is 2.71. The van der Waals surface area contributed by atoms with Crippen LogP contribution in [-0.4, -0.2) is 7.11 Å². The van der Waals surface area contributed by atoms with Crippen LogP contribution in [0.1, 0.15) is 18.9 Å². The summed E-state index contributed by atoms with van der Waals surface area (Å²) in [6, 6.07) is 6.26. The fraction of sp³-hybridized carbons (Fsp3) is 0.333. The lowest BCUT2D eigenvalue weighted by atomic mass is 10.1. The van der Waals surface area contributed by atoms with Crippen LogP contribution in [0.15, 0.2) is 30.4 Å². The van der Waals surface area contributed by atoms with Crippen molar-refractivity contribution in [3.63, 3.8) is 0 Å². The lowest BCUT2D eigenvalue weighted by molar-refractivity contribution is 0.418. The Bertz CT molecular complexity index is 331. The highest BCUT2D eigenvalue weighted by Crippen LogP contribution is 2.14. The first-order valence-electron chi connectivity index (χ1n) is 4.70. The number of aryl methyl sites for hydroxylation is 1. The van der Waals surface area contributed by atoms with Crippen molar-refractivity contribution >= 4 is 14.5 Å². The minimum Gasteiger partial charge on any atom is -0.496 e. The molecule has 0 saturated heterocycles. The maximum Gasteiger partial charge on any atom is 0.125 e. The molecule has 0 bridgehead atoms. The van der Waals surface area contributed by atoms with Gasteiger partial charge in [0.1, 0.15) is 5.75 Å². The third-order valence-corrected chi connectivity index (χ3v) is 2.59. The van der Waals surface area contributed by atoms with Gasteiger partial charge in [-0.15, -0.1) is 15.8 Å². The second kappa shape index (κ2) is 5.17. The molecule has 14 heavy (non-hydrogen) atoms. The summed E-state index contributed by atoms with van der Waals surface area (Å²) >= 11 is 0. The molecule has 0 N–H and O–H groups in total. The predicted molar refractivity (Wildman–Crippen MR) is 65.5 cm³/mol. The zero-order valence-corrected chi connectivity index (χ0v) is 9.99. The van der Waals surface area contributed by atoms with Crippen molar-refractivity contribution in [1.82, 2.24) is 0 Å². The quantitative estimate of drug-likeness (QED) is 0.546. The average Bonchev–Trinajstić information content (AvgIpc) is 2.15. The topological polar surface area (TPSA) is 9.23 Å². The summed E-state index contributed by atoms with van der Waals surface area (Å²) in [5.74, 6) is 0.925. The molecule has 76 valence electrons. The Morgan fingerprint density at radius 1 is 1.50 bits per heavy atom. The van der Waals surface area contributed by atoms with E-state index < -0.39 is 0 Å². The highest BCUT2D eigenvalue weighted by Gasteiger charge is 1.99. The molecular formula is C12H17OP. The lowest BCUT2D eigenvalue weighted by Gasteiger charge is -2.07. The number of benzene rings is 1. The first-order chi connectivity index (χ1) is 6.63. The molecule has 1 nitrogen and oxygen atoms in total. The van der Waals surface area contributed by atoms with E-state index in [9.17, 15) is 0 Å². The van der Waals surface area contributed by atoms with Gasteiger partial charge >= 0.3 is 0 Å². The Labute approximate surface area is 88.4 Å². The second-order valence-corrected chi connectivity index (χ2v) is 4.16. The fourth-order valence-corrected chi connectivity index (χ4v) is 1.73. The molecule has 0 spiro atoms. The molecular weight excluding hydrogens is 191 g/mol. The van der Waals surface area contributed by atoms with Crippen molar-refractivity contribution in [2.24, 2.45) is 0 Å². The Morgan fingerprint density at radius 3 is 2.71 bits per heavy atom. The summed E-state index contributed by atoms with van der Waals surface area (Å²) in [6.45, 7) is 5.96. The predicted octanol–water partition coefficient (Wildman–Crippen LogP) is 2.70. The highest BCUT2D eigenvalue weighted by atomic mass is 31.0. The zero-order valence-electron chi connectivity index (χ0n) is 8.84. The van der Waals surface area contributed by atoms with Crippen LogP contribution in [0.4, 0.5) is 0 Å². The highest BCUT2D eigenvalue weighted by molar-refractivity contribution is 7.27. The Morgan fingerprint density at radius 2 is 2.21 bits per heavy atom. The maximum absolute atomic E-state index is 5.19. The molecule has 0 heterocycles. The van der Waals surface area contributed by atoms with Crippen molar-refractivity contribution in [2.75, 3.05) is 7.11 Å². The summed E-state index contributed by atoms with van der Waals surface area (Å²) in [4.78, 5) is 0. The van der Waals surface area contributed by atoms with Crippen molar-refractivity contribution in [3.05, 3.63) is 35.9 Å². The molecule has 0 amide bonds. The largest absolute Gasteiger partial charge is 0.496 e. The van der Waals surface area contributed by atoms with Gasteiger partial charge in [-0.2, -0.15) is 0 Å². The normalized spacial score (nSPS) is 9.93. The van der Waals surface area contributed by atoms with Gasteiger partial charge in [-0.1, -0.05) is 11.6 Å². The van der Waals surface area contributed by atoms with Gasteiger partial charge in [0, 0.05) is 5.30 Å². The number of rotatable bonds is 4. The van der Waals surface area contributed by atoms with Gasteiger partial charge < -0.3 is 4.74 Å². The molecule has 0 radical (unpaired) electrons. The summed E-state index contributed by atoms with van der Waals surface area (Å²) in [6.07, 6.45) is 2.11. The van der Waals surface area contributed by atoms with Gasteiger partial charge in [0.25, 0.3) is 0 Å². The smallest absolute Gasteiger partial charge is 0.125 e. The molecule has 0 aliphatic heterocycles. The fourth-order valence-electron chi connectivity index (χ4n) is 1.30. The molecule has 0 fully saturated rings. The minimum absolute atomic E-state index is 0.925. The van der Waals surface area contributed by atoms with Gasteiger partial charge in [-0.05, 0) is 37.5 Å². The van der Waals surface area contributed by atoms with E-state index in [2.05, 4.69) is 34.9 Å². The molecule has 1 aromatic rings. The third-order valence-electron chi connectivity index (χ3n) is 2.13. The van der Waals surface area contributed by atoms with Crippen LogP contribution >= 0.6 is 9.24 Å². The molecule has 0 aliphatic rings. The molecule has 1 unspecified atom stereocenters. The molecule has 1 atom stereocenters. The van der Waals surface area contributed by atoms with E-state index in [1.807, 2.05) is 6.07 Å². The number of ether oxygens (including phenoxy) is 1. The van der Waals surface area contributed by atoms with Crippen molar-refractivity contribution < 1.29 is 4.74 Å². The number of methoxy groups -OCH3 is 1. The van der Waals surface area contributed by atoms with Gasteiger partial charge in [0.2, 0.25) is 0 Å². The van der Waals surface area contributed by atoms with Crippen LogP contribution in [0.5, 0.6) is 5.75 Å². The first-order valence-corrected chi connectivity index (χ1v) is 5.28. The van der Waals surface area contributed by atoms with Gasteiger partial charge in [0.15, 0.2) is 0 Å². The van der Waals surface area contributed by atoms with Gasteiger partial charge in [0.05, 0.1) is 7.11 Å². The lowest BCUT2D eigenvalue weighted by Crippen LogP contribution is -2.00. The van der Waals surface area contributed by atoms with Gasteiger partial charge in [-0.25, -0.2) is 0 Å². The summed E-state index contributed by atoms with van der Waals surface area (Å²) < 4.78 is 5.19. The minimum atomic E-state index is 0.925. The van der Waals surface area contributed by atoms with Crippen LogP contribution in [0.2, 0.25) is 0 Å². The second-order valence-electron chi connectivity index (χ2n) is 3.53. The van der Waals surface area contributed by atoms with E-state index in [1.54, 1.807) is 7.11 Å². The summed E-state index contributed by atoms with van der Waals surface area (Å²) in [7, 11) is 4.38. The monoisotopic (exact) mass is 208 g/mol. The average molecular weight is 208 g/mol. The van der Waals surface area contributed by atoms with Crippen LogP contribution in [0, 0.1) is 0 Å². The van der Waals surface area contributed by atoms with Crippen LogP contribution in [-0.2, 0) is 6.42 Å². The van der Waals surface area contributed by atoms with Crippen LogP contribution in [0.25, 0.3) is 0 Å². The van der Waals surface area contributed by atoms with Crippen molar-refractivity contribution in [2.45, 2.75) is 19.8 Å². The summed E-state index contributed by atoms with van der Waals surface area (Å²) in [5.41, 5.74) is 2.56.